The van der Waals surface area contributed by atoms with Gasteiger partial charge in [0.25, 0.3) is 0 Å². The Balaban J connectivity index is 3.14. The van der Waals surface area contributed by atoms with Gasteiger partial charge >= 0.3 is 5.69 Å². The van der Waals surface area contributed by atoms with Gasteiger partial charge in [-0.3, -0.25) is 10.1 Å². The van der Waals surface area contributed by atoms with E-state index in [2.05, 4.69) is 37.0 Å². The molecule has 0 saturated carbocycles. The van der Waals surface area contributed by atoms with Crippen molar-refractivity contribution >= 4 is 37.5 Å². The highest BCUT2D eigenvalue weighted by molar-refractivity contribution is 9.11. The standard InChI is InChI=1S/C5H5Br2N3O3/c6-4-3(10(12)13)5(7)9(8-4)1-2-11/h11H,1-2H2. The van der Waals surface area contributed by atoms with Crippen LogP contribution in [0.3, 0.4) is 0 Å². The molecule has 6 nitrogen and oxygen atoms in total. The number of aromatic nitrogens is 2. The number of nitro groups is 1. The average molecular weight is 315 g/mol. The molecule has 8 heteroatoms. The van der Waals surface area contributed by atoms with Crippen LogP contribution in [0.4, 0.5) is 5.69 Å². The summed E-state index contributed by atoms with van der Waals surface area (Å²) < 4.78 is 1.71. The number of hydrogen-bond donors (Lipinski definition) is 1. The van der Waals surface area contributed by atoms with Crippen molar-refractivity contribution in [3.63, 3.8) is 0 Å². The molecule has 1 aromatic rings. The second kappa shape index (κ2) is 4.16. The first kappa shape index (κ1) is 10.6. The van der Waals surface area contributed by atoms with E-state index in [0.717, 1.165) is 0 Å². The third kappa shape index (κ3) is 2.06. The summed E-state index contributed by atoms with van der Waals surface area (Å²) in [6.07, 6.45) is 0. The van der Waals surface area contributed by atoms with Crippen molar-refractivity contribution in [1.29, 1.82) is 0 Å². The highest BCUT2D eigenvalue weighted by atomic mass is 79.9. The van der Waals surface area contributed by atoms with Crippen LogP contribution in [0.2, 0.25) is 0 Å². The molecule has 72 valence electrons. The van der Waals surface area contributed by atoms with E-state index >= 15 is 0 Å². The first-order valence-electron chi connectivity index (χ1n) is 3.25. The van der Waals surface area contributed by atoms with Gasteiger partial charge in [-0.05, 0) is 31.9 Å². The Labute approximate surface area is 90.0 Å². The molecular weight excluding hydrogens is 310 g/mol. The zero-order valence-corrected chi connectivity index (χ0v) is 9.45. The molecule has 0 aliphatic rings. The SMILES string of the molecule is O=[N+]([O-])c1c(Br)nn(CCO)c1Br. The van der Waals surface area contributed by atoms with Gasteiger partial charge in [-0.15, -0.1) is 0 Å². The minimum Gasteiger partial charge on any atom is -0.394 e. The second-order valence-electron chi connectivity index (χ2n) is 2.13. The molecule has 0 amide bonds. The van der Waals surface area contributed by atoms with Crippen LogP contribution in [-0.4, -0.2) is 26.4 Å². The number of hydrogen-bond acceptors (Lipinski definition) is 4. The first-order valence-corrected chi connectivity index (χ1v) is 4.83. The van der Waals surface area contributed by atoms with Crippen molar-refractivity contribution in [2.24, 2.45) is 0 Å². The van der Waals surface area contributed by atoms with Crippen LogP contribution < -0.4 is 0 Å². The molecule has 0 aliphatic heterocycles. The van der Waals surface area contributed by atoms with E-state index in [9.17, 15) is 10.1 Å². The van der Waals surface area contributed by atoms with Gasteiger partial charge in [0, 0.05) is 0 Å². The maximum absolute atomic E-state index is 10.5. The fraction of sp³-hybridized carbons (Fsp3) is 0.400. The third-order valence-corrected chi connectivity index (χ3v) is 2.64. The molecule has 0 radical (unpaired) electrons. The highest BCUT2D eigenvalue weighted by Crippen LogP contribution is 2.32. The van der Waals surface area contributed by atoms with E-state index in [1.807, 2.05) is 0 Å². The van der Waals surface area contributed by atoms with Gasteiger partial charge in [0.15, 0.2) is 4.60 Å². The third-order valence-electron chi connectivity index (χ3n) is 1.32. The van der Waals surface area contributed by atoms with Crippen molar-refractivity contribution in [1.82, 2.24) is 9.78 Å². The number of nitrogens with zero attached hydrogens (tertiary/aromatic N) is 3. The number of aliphatic hydroxyl groups is 1. The molecule has 0 unspecified atom stereocenters. The molecule has 1 aromatic heterocycles. The predicted octanol–water partition coefficient (Wildman–Crippen LogP) is 1.31. The molecule has 0 fully saturated rings. The van der Waals surface area contributed by atoms with Gasteiger partial charge in [0.1, 0.15) is 0 Å². The van der Waals surface area contributed by atoms with Gasteiger partial charge in [-0.25, -0.2) is 4.68 Å². The monoisotopic (exact) mass is 313 g/mol. The molecule has 1 rings (SSSR count). The van der Waals surface area contributed by atoms with Gasteiger partial charge in [-0.2, -0.15) is 5.10 Å². The Hall–Kier alpha value is -0.470. The van der Waals surface area contributed by atoms with E-state index < -0.39 is 4.92 Å². The molecular formula is C5H5Br2N3O3. The van der Waals surface area contributed by atoms with Crippen LogP contribution >= 0.6 is 31.9 Å². The Kier molecular flexibility index (Phi) is 3.40. The average Bonchev–Trinajstić information content (AvgIpc) is 2.28. The molecule has 1 heterocycles. The zero-order chi connectivity index (χ0) is 10.0. The Morgan fingerprint density at radius 3 is 2.62 bits per heavy atom. The molecule has 1 N–H and O–H groups in total. The molecule has 0 aromatic carbocycles. The smallest absolute Gasteiger partial charge is 0.335 e. The van der Waals surface area contributed by atoms with Gasteiger partial charge in [0.05, 0.1) is 18.1 Å². The van der Waals surface area contributed by atoms with Crippen LogP contribution in [0, 0.1) is 10.1 Å². The van der Waals surface area contributed by atoms with Gasteiger partial charge in [0.2, 0.25) is 4.60 Å². The summed E-state index contributed by atoms with van der Waals surface area (Å²) in [5, 5.41) is 22.9. The van der Waals surface area contributed by atoms with E-state index in [0.29, 0.717) is 0 Å². The quantitative estimate of drug-likeness (QED) is 0.673. The lowest BCUT2D eigenvalue weighted by Gasteiger charge is -1.96. The summed E-state index contributed by atoms with van der Waals surface area (Å²) in [4.78, 5) is 9.94. The fourth-order valence-electron chi connectivity index (χ4n) is 0.798. The zero-order valence-electron chi connectivity index (χ0n) is 6.28. The van der Waals surface area contributed by atoms with Crippen molar-refractivity contribution in [2.75, 3.05) is 6.61 Å². The molecule has 0 atom stereocenters. The maximum Gasteiger partial charge on any atom is 0.335 e. The fourth-order valence-corrected chi connectivity index (χ4v) is 2.18. The predicted molar refractivity (Wildman–Crippen MR) is 51.4 cm³/mol. The van der Waals surface area contributed by atoms with Crippen LogP contribution in [0.1, 0.15) is 0 Å². The summed E-state index contributed by atoms with van der Waals surface area (Å²) in [6, 6.07) is 0. The number of aliphatic hydroxyl groups excluding tert-OH is 1. The molecule has 0 aliphatic carbocycles. The minimum atomic E-state index is -0.547. The van der Waals surface area contributed by atoms with E-state index in [-0.39, 0.29) is 28.0 Å². The largest absolute Gasteiger partial charge is 0.394 e. The Bertz CT molecular complexity index is 338. The van der Waals surface area contributed by atoms with Crippen molar-refractivity contribution in [3.05, 3.63) is 19.3 Å². The summed E-state index contributed by atoms with van der Waals surface area (Å²) in [6.45, 7) is 0.0941. The Morgan fingerprint density at radius 2 is 2.23 bits per heavy atom. The van der Waals surface area contributed by atoms with E-state index in [1.165, 1.54) is 4.68 Å². The summed E-state index contributed by atoms with van der Waals surface area (Å²) in [7, 11) is 0. The molecule has 0 bridgehead atoms. The summed E-state index contributed by atoms with van der Waals surface area (Å²) >= 11 is 5.97. The topological polar surface area (TPSA) is 81.2 Å². The maximum atomic E-state index is 10.5. The normalized spacial score (nSPS) is 10.4. The highest BCUT2D eigenvalue weighted by Gasteiger charge is 2.23. The lowest BCUT2D eigenvalue weighted by molar-refractivity contribution is -0.386. The van der Waals surface area contributed by atoms with E-state index in [1.54, 1.807) is 0 Å². The second-order valence-corrected chi connectivity index (χ2v) is 3.64. The van der Waals surface area contributed by atoms with Crippen LogP contribution in [0.15, 0.2) is 9.21 Å². The molecule has 0 saturated heterocycles. The summed E-state index contributed by atoms with van der Waals surface area (Å²) in [5.41, 5.74) is -0.131. The first-order chi connectivity index (χ1) is 6.07. The Morgan fingerprint density at radius 1 is 1.62 bits per heavy atom. The van der Waals surface area contributed by atoms with Crippen molar-refractivity contribution in [2.45, 2.75) is 6.54 Å². The summed E-state index contributed by atoms with van der Waals surface area (Å²) in [5.74, 6) is 0. The van der Waals surface area contributed by atoms with Crippen molar-refractivity contribution < 1.29 is 10.0 Å². The van der Waals surface area contributed by atoms with Crippen LogP contribution in [0.5, 0.6) is 0 Å². The van der Waals surface area contributed by atoms with Gasteiger partial charge < -0.3 is 5.11 Å². The van der Waals surface area contributed by atoms with Crippen molar-refractivity contribution in [3.8, 4) is 0 Å². The van der Waals surface area contributed by atoms with E-state index in [4.69, 9.17) is 5.11 Å². The van der Waals surface area contributed by atoms with Crippen LogP contribution in [0.25, 0.3) is 0 Å². The molecule has 0 spiro atoms. The van der Waals surface area contributed by atoms with Crippen LogP contribution in [-0.2, 0) is 6.54 Å². The molecule has 13 heavy (non-hydrogen) atoms. The minimum absolute atomic E-state index is 0.121. The van der Waals surface area contributed by atoms with Gasteiger partial charge in [-0.1, -0.05) is 0 Å². The lowest BCUT2D eigenvalue weighted by Crippen LogP contribution is -2.04. The lowest BCUT2D eigenvalue weighted by atomic mass is 10.6. The number of rotatable bonds is 3. The number of halogens is 2.